The topological polar surface area (TPSA) is 102 Å². The highest BCUT2D eigenvalue weighted by molar-refractivity contribution is 7.89. The van der Waals surface area contributed by atoms with Gasteiger partial charge in [0.2, 0.25) is 10.0 Å². The van der Waals surface area contributed by atoms with Gasteiger partial charge in [-0.25, -0.2) is 18.0 Å². The van der Waals surface area contributed by atoms with Gasteiger partial charge < -0.3 is 14.8 Å². The molecule has 0 amide bonds. The fourth-order valence-corrected chi connectivity index (χ4v) is 4.10. The smallest absolute Gasteiger partial charge is 0.354 e. The van der Waals surface area contributed by atoms with Crippen molar-refractivity contribution in [2.75, 3.05) is 32.6 Å². The number of esters is 2. The quantitative estimate of drug-likeness (QED) is 0.593. The van der Waals surface area contributed by atoms with Crippen LogP contribution in [-0.2, 0) is 29.1 Å². The van der Waals surface area contributed by atoms with Crippen LogP contribution >= 0.6 is 0 Å². The van der Waals surface area contributed by atoms with E-state index in [9.17, 15) is 18.0 Å². The lowest BCUT2D eigenvalue weighted by Crippen LogP contribution is -2.28. The number of hydrogen-bond acceptors (Lipinski definition) is 7. The third kappa shape index (κ3) is 4.37. The number of benzene rings is 1. The molecule has 1 aromatic rings. The predicted molar refractivity (Wildman–Crippen MR) is 90.2 cm³/mol. The van der Waals surface area contributed by atoms with Crippen LogP contribution in [0.2, 0.25) is 0 Å². The maximum absolute atomic E-state index is 12.8. The van der Waals surface area contributed by atoms with E-state index in [1.165, 1.54) is 23.5 Å². The average molecular weight is 368 g/mol. The Hall–Kier alpha value is -2.39. The van der Waals surface area contributed by atoms with Gasteiger partial charge in [0.1, 0.15) is 10.6 Å². The van der Waals surface area contributed by atoms with Gasteiger partial charge in [-0.05, 0) is 25.0 Å². The van der Waals surface area contributed by atoms with E-state index in [-0.39, 0.29) is 16.3 Å². The summed E-state index contributed by atoms with van der Waals surface area (Å²) in [6, 6.07) is 6.17. The number of rotatable bonds is 6. The summed E-state index contributed by atoms with van der Waals surface area (Å²) in [7, 11) is -1.39. The molecule has 0 aromatic heterocycles. The molecule has 1 heterocycles. The van der Waals surface area contributed by atoms with Gasteiger partial charge in [0.05, 0.1) is 26.0 Å². The van der Waals surface area contributed by atoms with E-state index in [2.05, 4.69) is 14.8 Å². The average Bonchev–Trinajstić information content (AvgIpc) is 3.16. The Balaban J connectivity index is 2.41. The first-order valence-electron chi connectivity index (χ1n) is 7.64. The number of nitrogens with one attached hydrogen (secondary N) is 1. The minimum atomic E-state index is -3.71. The van der Waals surface area contributed by atoms with Crippen molar-refractivity contribution in [3.05, 3.63) is 36.0 Å². The van der Waals surface area contributed by atoms with Crippen LogP contribution in [0.3, 0.4) is 0 Å². The normalized spacial score (nSPS) is 15.7. The third-order valence-electron chi connectivity index (χ3n) is 3.71. The van der Waals surface area contributed by atoms with E-state index < -0.39 is 22.0 Å². The Morgan fingerprint density at radius 3 is 2.36 bits per heavy atom. The summed E-state index contributed by atoms with van der Waals surface area (Å²) in [5, 5.41) is 2.67. The third-order valence-corrected chi connectivity index (χ3v) is 5.66. The second kappa shape index (κ2) is 8.13. The van der Waals surface area contributed by atoms with E-state index in [0.717, 1.165) is 26.0 Å². The van der Waals surface area contributed by atoms with E-state index >= 15 is 0 Å². The van der Waals surface area contributed by atoms with Crippen LogP contribution in [-0.4, -0.2) is 52.0 Å². The molecule has 1 aliphatic heterocycles. The summed E-state index contributed by atoms with van der Waals surface area (Å²) in [6.45, 7) is 0.914. The van der Waals surface area contributed by atoms with Crippen molar-refractivity contribution in [3.8, 4) is 0 Å². The highest BCUT2D eigenvalue weighted by Gasteiger charge is 2.29. The molecule has 0 aliphatic carbocycles. The number of carbonyl (C=O) groups is 2. The maximum Gasteiger partial charge on any atom is 0.354 e. The second-order valence-electron chi connectivity index (χ2n) is 5.31. The highest BCUT2D eigenvalue weighted by Crippen LogP contribution is 2.28. The summed E-state index contributed by atoms with van der Waals surface area (Å²) < 4.78 is 36.1. The van der Waals surface area contributed by atoms with E-state index in [1.54, 1.807) is 12.1 Å². The Morgan fingerprint density at radius 1 is 1.12 bits per heavy atom. The number of para-hydroxylation sites is 1. The van der Waals surface area contributed by atoms with Crippen molar-refractivity contribution in [2.24, 2.45) is 0 Å². The lowest BCUT2D eigenvalue weighted by molar-refractivity contribution is -0.138. The first-order valence-corrected chi connectivity index (χ1v) is 9.08. The Bertz CT molecular complexity index is 782. The van der Waals surface area contributed by atoms with Crippen molar-refractivity contribution >= 4 is 27.6 Å². The molecule has 1 saturated heterocycles. The van der Waals surface area contributed by atoms with Gasteiger partial charge in [0, 0.05) is 13.1 Å². The highest BCUT2D eigenvalue weighted by atomic mass is 32.2. The molecule has 1 aliphatic rings. The molecule has 0 spiro atoms. The molecule has 25 heavy (non-hydrogen) atoms. The molecule has 0 atom stereocenters. The molecule has 2 rings (SSSR count). The van der Waals surface area contributed by atoms with Gasteiger partial charge in [-0.2, -0.15) is 4.31 Å². The summed E-state index contributed by atoms with van der Waals surface area (Å²) in [5.41, 5.74) is -0.0478. The summed E-state index contributed by atoms with van der Waals surface area (Å²) in [4.78, 5) is 23.3. The largest absolute Gasteiger partial charge is 0.466 e. The van der Waals surface area contributed by atoms with Crippen LogP contribution in [0.4, 0.5) is 5.69 Å². The van der Waals surface area contributed by atoms with Crippen molar-refractivity contribution in [1.82, 2.24) is 4.31 Å². The van der Waals surface area contributed by atoms with Gasteiger partial charge in [0.15, 0.2) is 0 Å². The van der Waals surface area contributed by atoms with Gasteiger partial charge in [0.25, 0.3) is 0 Å². The first kappa shape index (κ1) is 18.9. The number of sulfonamides is 1. The number of nitrogens with zero attached hydrogens (tertiary/aromatic N) is 1. The molecule has 0 radical (unpaired) electrons. The fraction of sp³-hybridized carbons (Fsp3) is 0.375. The van der Waals surface area contributed by atoms with Crippen LogP contribution in [0.5, 0.6) is 0 Å². The van der Waals surface area contributed by atoms with Crippen molar-refractivity contribution in [3.63, 3.8) is 0 Å². The van der Waals surface area contributed by atoms with Crippen molar-refractivity contribution in [2.45, 2.75) is 17.7 Å². The zero-order valence-electron chi connectivity index (χ0n) is 14.0. The van der Waals surface area contributed by atoms with Crippen molar-refractivity contribution < 1.29 is 27.5 Å². The van der Waals surface area contributed by atoms with Crippen LogP contribution in [0, 0.1) is 0 Å². The number of ether oxygens (including phenoxy) is 2. The molecule has 8 nitrogen and oxygen atoms in total. The summed E-state index contributed by atoms with van der Waals surface area (Å²) >= 11 is 0. The lowest BCUT2D eigenvalue weighted by atomic mass is 10.3. The molecule has 9 heteroatoms. The Kier molecular flexibility index (Phi) is 6.16. The predicted octanol–water partition coefficient (Wildman–Crippen LogP) is 1.11. The van der Waals surface area contributed by atoms with Crippen molar-refractivity contribution in [1.29, 1.82) is 0 Å². The number of anilines is 1. The maximum atomic E-state index is 12.8. The number of methoxy groups -OCH3 is 2. The number of hydrogen-bond donors (Lipinski definition) is 1. The number of carbonyl (C=O) groups excluding carboxylic acids is 2. The molecule has 1 fully saturated rings. The Labute approximate surface area is 146 Å². The lowest BCUT2D eigenvalue weighted by Gasteiger charge is -2.19. The molecular weight excluding hydrogens is 348 g/mol. The molecular formula is C16H20N2O6S. The minimum absolute atomic E-state index is 0.0246. The van der Waals surface area contributed by atoms with Crippen LogP contribution in [0.1, 0.15) is 12.8 Å². The zero-order chi connectivity index (χ0) is 18.4. The van der Waals surface area contributed by atoms with Gasteiger partial charge >= 0.3 is 11.9 Å². The summed E-state index contributed by atoms with van der Waals surface area (Å²) in [6.07, 6.45) is 2.53. The Morgan fingerprint density at radius 2 is 1.76 bits per heavy atom. The van der Waals surface area contributed by atoms with Crippen LogP contribution in [0.25, 0.3) is 0 Å². The van der Waals surface area contributed by atoms with E-state index in [4.69, 9.17) is 0 Å². The summed E-state index contributed by atoms with van der Waals surface area (Å²) in [5.74, 6) is -1.59. The second-order valence-corrected chi connectivity index (χ2v) is 7.21. The molecule has 0 unspecified atom stereocenters. The SMILES string of the molecule is COC(=O)/C=C(/Nc1ccccc1S(=O)(=O)N1CCCC1)C(=O)OC. The van der Waals surface area contributed by atoms with Crippen LogP contribution in [0.15, 0.2) is 40.9 Å². The van der Waals surface area contributed by atoms with E-state index in [1.807, 2.05) is 0 Å². The van der Waals surface area contributed by atoms with Crippen LogP contribution < -0.4 is 5.32 Å². The van der Waals surface area contributed by atoms with E-state index in [0.29, 0.717) is 13.1 Å². The fourth-order valence-electron chi connectivity index (χ4n) is 2.44. The molecule has 1 N–H and O–H groups in total. The standard InChI is InChI=1S/C16H20N2O6S/c1-23-15(19)11-13(16(20)24-2)17-12-7-3-4-8-14(12)25(21,22)18-9-5-6-10-18/h3-4,7-8,11,17H,5-6,9-10H2,1-2H3/b13-11+. The molecule has 136 valence electrons. The minimum Gasteiger partial charge on any atom is -0.466 e. The molecule has 0 bridgehead atoms. The van der Waals surface area contributed by atoms with Gasteiger partial charge in [-0.3, -0.25) is 0 Å². The monoisotopic (exact) mass is 368 g/mol. The molecule has 1 aromatic carbocycles. The van der Waals surface area contributed by atoms with Gasteiger partial charge in [-0.1, -0.05) is 12.1 Å². The zero-order valence-corrected chi connectivity index (χ0v) is 14.8. The molecule has 0 saturated carbocycles. The first-order chi connectivity index (χ1) is 11.9. The van der Waals surface area contributed by atoms with Gasteiger partial charge in [-0.15, -0.1) is 0 Å².